The standard InChI is InChI=1S/C15H13N3O2/c19-11-14-10-18(17-16-14)7-8-20-15-6-5-12-3-1-2-4-13(12)9-15/h1-6,9-11H,7-8H2. The van der Waals surface area contributed by atoms with Crippen molar-refractivity contribution >= 4 is 17.1 Å². The molecule has 20 heavy (non-hydrogen) atoms. The zero-order valence-electron chi connectivity index (χ0n) is 10.8. The highest BCUT2D eigenvalue weighted by atomic mass is 16.5. The summed E-state index contributed by atoms with van der Waals surface area (Å²) in [6, 6.07) is 14.1. The molecule has 0 spiro atoms. The maximum Gasteiger partial charge on any atom is 0.171 e. The predicted molar refractivity (Wildman–Crippen MR) is 74.9 cm³/mol. The second-order valence-electron chi connectivity index (χ2n) is 4.38. The van der Waals surface area contributed by atoms with Crippen LogP contribution in [-0.4, -0.2) is 27.9 Å². The van der Waals surface area contributed by atoms with Crippen LogP contribution in [0.5, 0.6) is 5.75 Å². The molecule has 100 valence electrons. The van der Waals surface area contributed by atoms with Crippen molar-refractivity contribution in [1.82, 2.24) is 15.0 Å². The van der Waals surface area contributed by atoms with Crippen molar-refractivity contribution < 1.29 is 9.53 Å². The Kier molecular flexibility index (Phi) is 3.41. The minimum atomic E-state index is 0.329. The van der Waals surface area contributed by atoms with Crippen molar-refractivity contribution in [2.24, 2.45) is 0 Å². The van der Waals surface area contributed by atoms with Crippen molar-refractivity contribution in [2.75, 3.05) is 6.61 Å². The fourth-order valence-electron chi connectivity index (χ4n) is 1.99. The van der Waals surface area contributed by atoms with Gasteiger partial charge in [-0.15, -0.1) is 5.10 Å². The van der Waals surface area contributed by atoms with Crippen LogP contribution in [0.3, 0.4) is 0 Å². The fourth-order valence-corrected chi connectivity index (χ4v) is 1.99. The Morgan fingerprint density at radius 2 is 2.00 bits per heavy atom. The summed E-state index contributed by atoms with van der Waals surface area (Å²) in [6.07, 6.45) is 2.27. The van der Waals surface area contributed by atoms with Crippen LogP contribution in [0.25, 0.3) is 10.8 Å². The van der Waals surface area contributed by atoms with E-state index in [9.17, 15) is 4.79 Å². The highest BCUT2D eigenvalue weighted by molar-refractivity contribution is 5.83. The first-order valence-corrected chi connectivity index (χ1v) is 6.32. The summed E-state index contributed by atoms with van der Waals surface area (Å²) in [4.78, 5) is 10.5. The average Bonchev–Trinajstić information content (AvgIpc) is 2.95. The van der Waals surface area contributed by atoms with Crippen LogP contribution in [0.1, 0.15) is 10.5 Å². The number of ether oxygens (including phenoxy) is 1. The van der Waals surface area contributed by atoms with Gasteiger partial charge in [-0.25, -0.2) is 4.68 Å². The summed E-state index contributed by atoms with van der Waals surface area (Å²) in [5.74, 6) is 0.819. The van der Waals surface area contributed by atoms with Gasteiger partial charge in [-0.3, -0.25) is 4.79 Å². The molecule has 0 unspecified atom stereocenters. The molecule has 5 heteroatoms. The van der Waals surface area contributed by atoms with Gasteiger partial charge in [0.15, 0.2) is 6.29 Å². The summed E-state index contributed by atoms with van der Waals surface area (Å²) in [5, 5.41) is 9.85. The molecular formula is C15H13N3O2. The van der Waals surface area contributed by atoms with Crippen molar-refractivity contribution in [2.45, 2.75) is 6.54 Å². The van der Waals surface area contributed by atoms with E-state index in [1.165, 1.54) is 5.39 Å². The van der Waals surface area contributed by atoms with Gasteiger partial charge in [0.2, 0.25) is 0 Å². The van der Waals surface area contributed by atoms with Crippen molar-refractivity contribution in [1.29, 1.82) is 0 Å². The average molecular weight is 267 g/mol. The van der Waals surface area contributed by atoms with Crippen LogP contribution in [0.4, 0.5) is 0 Å². The number of aromatic nitrogens is 3. The molecule has 0 radical (unpaired) electrons. The van der Waals surface area contributed by atoms with Crippen LogP contribution in [0.15, 0.2) is 48.7 Å². The fraction of sp³-hybridized carbons (Fsp3) is 0.133. The SMILES string of the molecule is O=Cc1cn(CCOc2ccc3ccccc3c2)nn1. The number of hydrogen-bond donors (Lipinski definition) is 0. The Hall–Kier alpha value is -2.69. The molecule has 2 aromatic carbocycles. The van der Waals surface area contributed by atoms with E-state index < -0.39 is 0 Å². The van der Waals surface area contributed by atoms with Crippen LogP contribution in [0.2, 0.25) is 0 Å². The molecule has 0 saturated carbocycles. The van der Waals surface area contributed by atoms with Gasteiger partial charge in [-0.2, -0.15) is 0 Å². The molecule has 0 aliphatic carbocycles. The molecule has 0 bridgehead atoms. The first-order valence-electron chi connectivity index (χ1n) is 6.32. The number of aldehydes is 1. The third-order valence-electron chi connectivity index (χ3n) is 2.99. The predicted octanol–water partition coefficient (Wildman–Crippen LogP) is 2.32. The van der Waals surface area contributed by atoms with E-state index in [0.717, 1.165) is 11.1 Å². The van der Waals surface area contributed by atoms with Gasteiger partial charge in [0.05, 0.1) is 12.7 Å². The second-order valence-corrected chi connectivity index (χ2v) is 4.38. The number of benzene rings is 2. The third-order valence-corrected chi connectivity index (χ3v) is 2.99. The minimum absolute atomic E-state index is 0.329. The smallest absolute Gasteiger partial charge is 0.171 e. The second kappa shape index (κ2) is 5.52. The van der Waals surface area contributed by atoms with Gasteiger partial charge in [0.25, 0.3) is 0 Å². The Bertz CT molecular complexity index is 737. The summed E-state index contributed by atoms with van der Waals surface area (Å²) in [5.41, 5.74) is 0.329. The lowest BCUT2D eigenvalue weighted by Crippen LogP contribution is -2.08. The summed E-state index contributed by atoms with van der Waals surface area (Å²) < 4.78 is 7.27. The third kappa shape index (κ3) is 2.66. The van der Waals surface area contributed by atoms with Crippen molar-refractivity contribution in [3.8, 4) is 5.75 Å². The topological polar surface area (TPSA) is 57.0 Å². The van der Waals surface area contributed by atoms with Gasteiger partial charge in [0.1, 0.15) is 18.1 Å². The van der Waals surface area contributed by atoms with E-state index in [-0.39, 0.29) is 0 Å². The molecule has 0 aliphatic heterocycles. The van der Waals surface area contributed by atoms with Crippen LogP contribution >= 0.6 is 0 Å². The van der Waals surface area contributed by atoms with Crippen LogP contribution in [-0.2, 0) is 6.54 Å². The van der Waals surface area contributed by atoms with Gasteiger partial charge in [-0.05, 0) is 22.9 Å². The van der Waals surface area contributed by atoms with Crippen LogP contribution in [0, 0.1) is 0 Å². The maximum atomic E-state index is 10.5. The largest absolute Gasteiger partial charge is 0.492 e. The quantitative estimate of drug-likeness (QED) is 0.666. The van der Waals surface area contributed by atoms with Gasteiger partial charge >= 0.3 is 0 Å². The monoisotopic (exact) mass is 267 g/mol. The minimum Gasteiger partial charge on any atom is -0.492 e. The van der Waals surface area contributed by atoms with E-state index in [0.29, 0.717) is 25.1 Å². The Morgan fingerprint density at radius 1 is 1.15 bits per heavy atom. The molecule has 3 aromatic rings. The number of carbonyl (C=O) groups excluding carboxylic acids is 1. The zero-order chi connectivity index (χ0) is 13.8. The number of fused-ring (bicyclic) bond motifs is 1. The molecular weight excluding hydrogens is 254 g/mol. The van der Waals surface area contributed by atoms with Gasteiger partial charge in [-0.1, -0.05) is 35.5 Å². The molecule has 0 aliphatic rings. The molecule has 0 N–H and O–H groups in total. The number of carbonyl (C=O) groups is 1. The Labute approximate surface area is 115 Å². The van der Waals surface area contributed by atoms with Gasteiger partial charge in [0, 0.05) is 0 Å². The van der Waals surface area contributed by atoms with Crippen molar-refractivity contribution in [3.05, 3.63) is 54.4 Å². The van der Waals surface area contributed by atoms with Crippen molar-refractivity contribution in [3.63, 3.8) is 0 Å². The first kappa shape index (κ1) is 12.3. The number of rotatable bonds is 5. The molecule has 1 aromatic heterocycles. The lowest BCUT2D eigenvalue weighted by Gasteiger charge is -2.07. The number of hydrogen-bond acceptors (Lipinski definition) is 4. The summed E-state index contributed by atoms with van der Waals surface area (Å²) >= 11 is 0. The lowest BCUT2D eigenvalue weighted by molar-refractivity contribution is 0.111. The molecule has 1 heterocycles. The van der Waals surface area contributed by atoms with Crippen LogP contribution < -0.4 is 4.74 Å². The van der Waals surface area contributed by atoms with Gasteiger partial charge < -0.3 is 4.74 Å². The Balaban J connectivity index is 1.63. The van der Waals surface area contributed by atoms with E-state index in [1.807, 2.05) is 30.3 Å². The highest BCUT2D eigenvalue weighted by Gasteiger charge is 2.00. The summed E-state index contributed by atoms with van der Waals surface area (Å²) in [6.45, 7) is 1.02. The molecule has 0 saturated heterocycles. The lowest BCUT2D eigenvalue weighted by atomic mass is 10.1. The normalized spacial score (nSPS) is 10.6. The Morgan fingerprint density at radius 3 is 2.80 bits per heavy atom. The van der Waals surface area contributed by atoms with E-state index in [1.54, 1.807) is 10.9 Å². The van der Waals surface area contributed by atoms with E-state index >= 15 is 0 Å². The molecule has 0 amide bonds. The summed E-state index contributed by atoms with van der Waals surface area (Å²) in [7, 11) is 0. The first-order chi connectivity index (χ1) is 9.85. The van der Waals surface area contributed by atoms with E-state index in [4.69, 9.17) is 4.74 Å². The number of nitrogens with zero attached hydrogens (tertiary/aromatic N) is 3. The molecule has 0 fully saturated rings. The highest BCUT2D eigenvalue weighted by Crippen LogP contribution is 2.20. The molecule has 0 atom stereocenters. The molecule has 5 nitrogen and oxygen atoms in total. The molecule has 3 rings (SSSR count). The zero-order valence-corrected chi connectivity index (χ0v) is 10.8. The maximum absolute atomic E-state index is 10.5. The van der Waals surface area contributed by atoms with E-state index in [2.05, 4.69) is 22.4 Å².